The van der Waals surface area contributed by atoms with E-state index in [1.807, 2.05) is 13.8 Å². The van der Waals surface area contributed by atoms with Gasteiger partial charge in [0.25, 0.3) is 0 Å². The Morgan fingerprint density at radius 2 is 0.649 bits per heavy atom. The number of ether oxygens (including phenoxy) is 4. The topological polar surface area (TPSA) is 83.1 Å². The second kappa shape index (κ2) is 20.4. The normalized spacial score (nSPS) is 18.6. The molecule has 0 aliphatic carbocycles. The van der Waals surface area contributed by atoms with Gasteiger partial charge in [0.05, 0.1) is 0 Å². The maximum Gasteiger partial charge on any atom is 0.326 e. The fourth-order valence-corrected chi connectivity index (χ4v) is 24.3. The van der Waals surface area contributed by atoms with E-state index in [0.29, 0.717) is 39.6 Å². The predicted molar refractivity (Wildman–Crippen MR) is 158 cm³/mol. The van der Waals surface area contributed by atoms with E-state index in [2.05, 4.69) is 26.2 Å². The SMILES string of the molecule is CCO[Si](C)(CCCOC)O[Si](C)(CCCOC)O[Si](C)(CCCOC)O[Si](C)(CCCOC)OCC. The lowest BCUT2D eigenvalue weighted by Crippen LogP contribution is -2.61. The van der Waals surface area contributed by atoms with Crippen LogP contribution in [0.3, 0.4) is 0 Å². The van der Waals surface area contributed by atoms with Crippen molar-refractivity contribution in [2.24, 2.45) is 0 Å². The summed E-state index contributed by atoms with van der Waals surface area (Å²) in [7, 11) is -3.52. The van der Waals surface area contributed by atoms with Gasteiger partial charge in [0.1, 0.15) is 0 Å². The van der Waals surface area contributed by atoms with Crippen LogP contribution in [0, 0.1) is 0 Å². The third kappa shape index (κ3) is 17.0. The van der Waals surface area contributed by atoms with E-state index in [-0.39, 0.29) is 0 Å². The van der Waals surface area contributed by atoms with Crippen LogP contribution < -0.4 is 0 Å². The van der Waals surface area contributed by atoms with Crippen LogP contribution in [-0.2, 0) is 40.1 Å². The van der Waals surface area contributed by atoms with E-state index < -0.39 is 34.2 Å². The summed E-state index contributed by atoms with van der Waals surface area (Å²) in [6, 6.07) is 3.34. The Balaban J connectivity index is 6.09. The van der Waals surface area contributed by atoms with Crippen LogP contribution in [0.15, 0.2) is 0 Å². The summed E-state index contributed by atoms with van der Waals surface area (Å²) in [6.45, 7) is 16.7. The average molecular weight is 603 g/mol. The molecule has 9 nitrogen and oxygen atoms in total. The van der Waals surface area contributed by atoms with Crippen molar-refractivity contribution in [2.45, 2.75) is 89.9 Å². The van der Waals surface area contributed by atoms with Crippen molar-refractivity contribution in [3.8, 4) is 0 Å². The molecule has 0 spiro atoms. The molecule has 0 heterocycles. The number of hydrogen-bond acceptors (Lipinski definition) is 9. The van der Waals surface area contributed by atoms with Crippen molar-refractivity contribution in [2.75, 3.05) is 68.1 Å². The second-order valence-electron chi connectivity index (χ2n) is 10.1. The zero-order valence-corrected chi connectivity index (χ0v) is 29.6. The fourth-order valence-electron chi connectivity index (χ4n) is 4.68. The smallest absolute Gasteiger partial charge is 0.326 e. The Bertz CT molecular complexity index is 522. The van der Waals surface area contributed by atoms with E-state index >= 15 is 0 Å². The summed E-state index contributed by atoms with van der Waals surface area (Å²) < 4.78 is 55.3. The van der Waals surface area contributed by atoms with Crippen LogP contribution in [0.4, 0.5) is 0 Å². The van der Waals surface area contributed by atoms with Gasteiger partial charge in [-0.15, -0.1) is 0 Å². The van der Waals surface area contributed by atoms with Gasteiger partial charge in [-0.3, -0.25) is 0 Å². The van der Waals surface area contributed by atoms with Gasteiger partial charge in [0.15, 0.2) is 0 Å². The molecule has 4 unspecified atom stereocenters. The highest BCUT2D eigenvalue weighted by atomic mass is 28.5. The standard InChI is InChI=1S/C24H58O9Si4/c1-11-29-34(7,21-13-17-25-3)31-36(9,23-15-19-27-5)33-37(10,24-16-20-28-6)32-35(8,30-12-2)22-14-18-26-4/h11-24H2,1-10H3. The highest BCUT2D eigenvalue weighted by Crippen LogP contribution is 2.33. The highest BCUT2D eigenvalue weighted by Gasteiger charge is 2.50. The highest BCUT2D eigenvalue weighted by molar-refractivity contribution is 6.88. The molecular weight excluding hydrogens is 545 g/mol. The molecule has 0 fully saturated rings. The van der Waals surface area contributed by atoms with Gasteiger partial charge in [-0.05, 0) is 89.9 Å². The molecule has 0 aromatic rings. The van der Waals surface area contributed by atoms with Gasteiger partial charge in [-0.1, -0.05) is 0 Å². The van der Waals surface area contributed by atoms with Gasteiger partial charge in [-0.2, -0.15) is 0 Å². The molecule has 0 bridgehead atoms. The first-order valence-corrected chi connectivity index (χ1v) is 23.9. The quantitative estimate of drug-likeness (QED) is 0.0935. The molecular formula is C24H58O9Si4. The van der Waals surface area contributed by atoms with Crippen LogP contribution in [0.25, 0.3) is 0 Å². The molecule has 0 amide bonds. The summed E-state index contributed by atoms with van der Waals surface area (Å²) in [5, 5.41) is 0. The Morgan fingerprint density at radius 1 is 0.405 bits per heavy atom. The van der Waals surface area contributed by atoms with Crippen LogP contribution in [0.2, 0.25) is 50.4 Å². The van der Waals surface area contributed by atoms with Crippen molar-refractivity contribution in [3.05, 3.63) is 0 Å². The molecule has 0 N–H and O–H groups in total. The molecule has 37 heavy (non-hydrogen) atoms. The van der Waals surface area contributed by atoms with Crippen molar-refractivity contribution in [1.29, 1.82) is 0 Å². The van der Waals surface area contributed by atoms with Gasteiger partial charge in [0.2, 0.25) is 0 Å². The monoisotopic (exact) mass is 602 g/mol. The van der Waals surface area contributed by atoms with Crippen LogP contribution in [0.1, 0.15) is 39.5 Å². The van der Waals surface area contributed by atoms with E-state index in [4.69, 9.17) is 40.1 Å². The van der Waals surface area contributed by atoms with E-state index in [1.165, 1.54) is 0 Å². The van der Waals surface area contributed by atoms with Gasteiger partial charge in [0, 0.05) is 68.1 Å². The molecule has 4 atom stereocenters. The number of rotatable bonds is 26. The molecule has 224 valence electrons. The second-order valence-corrected chi connectivity index (χ2v) is 24.2. The molecule has 0 saturated heterocycles. The third-order valence-electron chi connectivity index (χ3n) is 6.11. The van der Waals surface area contributed by atoms with Gasteiger partial charge in [-0.25, -0.2) is 0 Å². The van der Waals surface area contributed by atoms with E-state index in [9.17, 15) is 0 Å². The Morgan fingerprint density at radius 3 is 0.892 bits per heavy atom. The van der Waals surface area contributed by atoms with Crippen molar-refractivity contribution in [3.63, 3.8) is 0 Å². The summed E-state index contributed by atoms with van der Waals surface area (Å²) >= 11 is 0. The fraction of sp³-hybridized carbons (Fsp3) is 1.00. The minimum atomic E-state index is -2.72. The molecule has 0 rings (SSSR count). The largest absolute Gasteiger partial charge is 0.416 e. The minimum absolute atomic E-state index is 0.617. The summed E-state index contributed by atoms with van der Waals surface area (Å²) in [5.41, 5.74) is 0. The Kier molecular flexibility index (Phi) is 20.7. The lowest BCUT2D eigenvalue weighted by atomic mass is 10.5. The molecule has 0 aromatic carbocycles. The number of methoxy groups -OCH3 is 4. The zero-order chi connectivity index (χ0) is 28.3. The maximum absolute atomic E-state index is 7.18. The molecule has 0 saturated carbocycles. The lowest BCUT2D eigenvalue weighted by Gasteiger charge is -2.44. The lowest BCUT2D eigenvalue weighted by molar-refractivity contribution is 0.175. The van der Waals surface area contributed by atoms with E-state index in [0.717, 1.165) is 49.9 Å². The molecule has 0 radical (unpaired) electrons. The maximum atomic E-state index is 7.18. The van der Waals surface area contributed by atoms with E-state index in [1.54, 1.807) is 28.4 Å². The van der Waals surface area contributed by atoms with Crippen molar-refractivity contribution < 1.29 is 40.1 Å². The summed E-state index contributed by atoms with van der Waals surface area (Å²) in [4.78, 5) is 0. The molecule has 0 aromatic heterocycles. The van der Waals surface area contributed by atoms with Crippen molar-refractivity contribution >= 4 is 34.2 Å². The van der Waals surface area contributed by atoms with Crippen LogP contribution >= 0.6 is 0 Å². The first-order valence-electron chi connectivity index (χ1n) is 13.8. The zero-order valence-electron chi connectivity index (χ0n) is 25.6. The van der Waals surface area contributed by atoms with Gasteiger partial charge >= 0.3 is 34.2 Å². The molecule has 0 aliphatic rings. The molecule has 0 aliphatic heterocycles. The van der Waals surface area contributed by atoms with Crippen molar-refractivity contribution in [1.82, 2.24) is 0 Å². The Hall–Kier alpha value is 0.508. The van der Waals surface area contributed by atoms with Crippen LogP contribution in [0.5, 0.6) is 0 Å². The number of hydrogen-bond donors (Lipinski definition) is 0. The first kappa shape index (κ1) is 37.5. The predicted octanol–water partition coefficient (Wildman–Crippen LogP) is 5.54. The Labute approximate surface area is 232 Å². The summed E-state index contributed by atoms with van der Waals surface area (Å²) in [5.74, 6) is 0. The average Bonchev–Trinajstić information content (AvgIpc) is 2.79. The third-order valence-corrected chi connectivity index (χ3v) is 23.3. The first-order chi connectivity index (χ1) is 17.5. The van der Waals surface area contributed by atoms with Gasteiger partial charge < -0.3 is 40.1 Å². The van der Waals surface area contributed by atoms with Crippen LogP contribution in [-0.4, -0.2) is 102 Å². The minimum Gasteiger partial charge on any atom is -0.416 e. The summed E-state index contributed by atoms with van der Waals surface area (Å²) in [6.07, 6.45) is 3.53. The molecule has 13 heteroatoms.